The van der Waals surface area contributed by atoms with Gasteiger partial charge in [-0.3, -0.25) is 0 Å². The maximum absolute atomic E-state index is 9.46. The Kier molecular flexibility index (Phi) is 2.82. The molecule has 82 valence electrons. The van der Waals surface area contributed by atoms with Crippen molar-refractivity contribution >= 4 is 0 Å². The Morgan fingerprint density at radius 1 is 1.33 bits per heavy atom. The van der Waals surface area contributed by atoms with Gasteiger partial charge in [0.15, 0.2) is 11.5 Å². The van der Waals surface area contributed by atoms with E-state index in [4.69, 9.17) is 10.5 Å². The summed E-state index contributed by atoms with van der Waals surface area (Å²) in [6.07, 6.45) is 3.42. The SMILES string of the molecule is NCC1(CCOc2ccccc2O)CC1. The van der Waals surface area contributed by atoms with Crippen LogP contribution in [0.2, 0.25) is 0 Å². The van der Waals surface area contributed by atoms with Crippen molar-refractivity contribution in [1.82, 2.24) is 0 Å². The van der Waals surface area contributed by atoms with E-state index in [1.807, 2.05) is 6.07 Å². The van der Waals surface area contributed by atoms with Crippen LogP contribution >= 0.6 is 0 Å². The molecule has 1 aromatic rings. The zero-order valence-corrected chi connectivity index (χ0v) is 8.78. The molecule has 3 heteroatoms. The summed E-state index contributed by atoms with van der Waals surface area (Å²) in [4.78, 5) is 0. The van der Waals surface area contributed by atoms with Crippen molar-refractivity contribution in [2.45, 2.75) is 19.3 Å². The van der Waals surface area contributed by atoms with Gasteiger partial charge in [0.1, 0.15) is 0 Å². The van der Waals surface area contributed by atoms with E-state index in [2.05, 4.69) is 0 Å². The van der Waals surface area contributed by atoms with Gasteiger partial charge in [-0.1, -0.05) is 12.1 Å². The maximum atomic E-state index is 9.46. The summed E-state index contributed by atoms with van der Waals surface area (Å²) in [5.74, 6) is 0.764. The van der Waals surface area contributed by atoms with Crippen LogP contribution in [0.25, 0.3) is 0 Å². The van der Waals surface area contributed by atoms with Crippen molar-refractivity contribution in [2.75, 3.05) is 13.2 Å². The highest BCUT2D eigenvalue weighted by molar-refractivity contribution is 5.37. The Morgan fingerprint density at radius 3 is 2.67 bits per heavy atom. The molecule has 1 fully saturated rings. The van der Waals surface area contributed by atoms with Crippen LogP contribution in [0.15, 0.2) is 24.3 Å². The summed E-state index contributed by atoms with van der Waals surface area (Å²) in [6.45, 7) is 1.38. The van der Waals surface area contributed by atoms with Gasteiger partial charge in [0.05, 0.1) is 6.61 Å². The number of phenolic OH excluding ortho intramolecular Hbond substituents is 1. The van der Waals surface area contributed by atoms with E-state index >= 15 is 0 Å². The van der Waals surface area contributed by atoms with E-state index in [9.17, 15) is 5.11 Å². The molecule has 0 aromatic heterocycles. The molecule has 3 N–H and O–H groups in total. The van der Waals surface area contributed by atoms with Gasteiger partial charge in [-0.2, -0.15) is 0 Å². The van der Waals surface area contributed by atoms with Gasteiger partial charge >= 0.3 is 0 Å². The van der Waals surface area contributed by atoms with Gasteiger partial charge in [-0.25, -0.2) is 0 Å². The highest BCUT2D eigenvalue weighted by atomic mass is 16.5. The van der Waals surface area contributed by atoms with E-state index in [0.29, 0.717) is 17.8 Å². The molecular formula is C12H17NO2. The average molecular weight is 207 g/mol. The van der Waals surface area contributed by atoms with Crippen LogP contribution in [0, 0.1) is 5.41 Å². The monoisotopic (exact) mass is 207 g/mol. The fourth-order valence-electron chi connectivity index (χ4n) is 1.69. The number of benzene rings is 1. The number of phenols is 1. The molecule has 1 saturated carbocycles. The van der Waals surface area contributed by atoms with E-state index in [0.717, 1.165) is 13.0 Å². The van der Waals surface area contributed by atoms with Gasteiger partial charge in [-0.15, -0.1) is 0 Å². The predicted molar refractivity (Wildman–Crippen MR) is 58.9 cm³/mol. The normalized spacial score (nSPS) is 17.4. The Morgan fingerprint density at radius 2 is 2.07 bits per heavy atom. The van der Waals surface area contributed by atoms with Crippen molar-refractivity contribution < 1.29 is 9.84 Å². The molecule has 1 aromatic carbocycles. The minimum absolute atomic E-state index is 0.204. The molecule has 0 atom stereocenters. The molecule has 15 heavy (non-hydrogen) atoms. The van der Waals surface area contributed by atoms with E-state index in [-0.39, 0.29) is 5.75 Å². The van der Waals surface area contributed by atoms with Crippen LogP contribution in [0.4, 0.5) is 0 Å². The molecule has 0 spiro atoms. The van der Waals surface area contributed by atoms with Crippen LogP contribution in [0.5, 0.6) is 11.5 Å². The van der Waals surface area contributed by atoms with Crippen molar-refractivity contribution in [3.63, 3.8) is 0 Å². The number of hydrogen-bond acceptors (Lipinski definition) is 3. The number of hydrogen-bond donors (Lipinski definition) is 2. The first-order valence-corrected chi connectivity index (χ1v) is 5.37. The largest absolute Gasteiger partial charge is 0.504 e. The second-order valence-electron chi connectivity index (χ2n) is 4.27. The molecule has 0 radical (unpaired) electrons. The standard InChI is InChI=1S/C12H17NO2/c13-9-12(5-6-12)7-8-15-11-4-2-1-3-10(11)14/h1-4,14H,5-9,13H2. The zero-order chi connectivity index (χ0) is 10.7. The van der Waals surface area contributed by atoms with Crippen LogP contribution < -0.4 is 10.5 Å². The third kappa shape index (κ3) is 2.42. The third-order valence-corrected chi connectivity index (χ3v) is 3.15. The number of aromatic hydroxyl groups is 1. The molecule has 2 rings (SSSR count). The van der Waals surface area contributed by atoms with E-state index in [1.165, 1.54) is 12.8 Å². The first-order chi connectivity index (χ1) is 7.26. The molecule has 0 aliphatic heterocycles. The molecule has 0 heterocycles. The lowest BCUT2D eigenvalue weighted by Crippen LogP contribution is -2.18. The predicted octanol–water partition coefficient (Wildman–Crippen LogP) is 1.90. The fraction of sp³-hybridized carbons (Fsp3) is 0.500. The molecule has 1 aliphatic carbocycles. The second kappa shape index (κ2) is 4.11. The topological polar surface area (TPSA) is 55.5 Å². The summed E-state index contributed by atoms with van der Waals surface area (Å²) in [5, 5.41) is 9.46. The summed E-state index contributed by atoms with van der Waals surface area (Å²) >= 11 is 0. The van der Waals surface area contributed by atoms with Crippen molar-refractivity contribution in [2.24, 2.45) is 11.1 Å². The first-order valence-electron chi connectivity index (χ1n) is 5.37. The zero-order valence-electron chi connectivity index (χ0n) is 8.78. The van der Waals surface area contributed by atoms with Crippen molar-refractivity contribution in [3.8, 4) is 11.5 Å². The maximum Gasteiger partial charge on any atom is 0.160 e. The van der Waals surface area contributed by atoms with E-state index < -0.39 is 0 Å². The summed E-state index contributed by atoms with van der Waals surface area (Å²) in [7, 11) is 0. The second-order valence-corrected chi connectivity index (χ2v) is 4.27. The minimum atomic E-state index is 0.204. The van der Waals surface area contributed by atoms with Crippen LogP contribution in [0.1, 0.15) is 19.3 Å². The molecule has 0 amide bonds. The minimum Gasteiger partial charge on any atom is -0.504 e. The third-order valence-electron chi connectivity index (χ3n) is 3.15. The number of rotatable bonds is 5. The molecule has 1 aliphatic rings. The van der Waals surface area contributed by atoms with Crippen molar-refractivity contribution in [1.29, 1.82) is 0 Å². The number of ether oxygens (including phenoxy) is 1. The highest BCUT2D eigenvalue weighted by Gasteiger charge is 2.40. The molecule has 0 saturated heterocycles. The molecule has 3 nitrogen and oxygen atoms in total. The fourth-order valence-corrected chi connectivity index (χ4v) is 1.69. The van der Waals surface area contributed by atoms with Gasteiger partial charge in [-0.05, 0) is 43.4 Å². The van der Waals surface area contributed by atoms with Crippen molar-refractivity contribution in [3.05, 3.63) is 24.3 Å². The molecule has 0 bridgehead atoms. The Labute approximate surface area is 89.9 Å². The lowest BCUT2D eigenvalue weighted by Gasteiger charge is -2.13. The summed E-state index contributed by atoms with van der Waals surface area (Å²) in [5.41, 5.74) is 6.01. The average Bonchev–Trinajstić information content (AvgIpc) is 3.02. The lowest BCUT2D eigenvalue weighted by molar-refractivity contribution is 0.261. The molecular weight excluding hydrogens is 190 g/mol. The number of para-hydroxylation sites is 2. The Hall–Kier alpha value is -1.22. The Balaban J connectivity index is 1.81. The molecule has 0 unspecified atom stereocenters. The Bertz CT molecular complexity index is 334. The van der Waals surface area contributed by atoms with Crippen LogP contribution in [-0.4, -0.2) is 18.3 Å². The lowest BCUT2D eigenvalue weighted by atomic mass is 10.0. The van der Waals surface area contributed by atoms with Crippen LogP contribution in [-0.2, 0) is 0 Å². The highest BCUT2D eigenvalue weighted by Crippen LogP contribution is 2.47. The smallest absolute Gasteiger partial charge is 0.160 e. The van der Waals surface area contributed by atoms with Gasteiger partial charge in [0.2, 0.25) is 0 Å². The van der Waals surface area contributed by atoms with Gasteiger partial charge in [0.25, 0.3) is 0 Å². The van der Waals surface area contributed by atoms with Gasteiger partial charge < -0.3 is 15.6 Å². The van der Waals surface area contributed by atoms with Gasteiger partial charge in [0, 0.05) is 0 Å². The van der Waals surface area contributed by atoms with E-state index in [1.54, 1.807) is 18.2 Å². The summed E-state index contributed by atoms with van der Waals surface area (Å²) < 4.78 is 5.51. The summed E-state index contributed by atoms with van der Waals surface area (Å²) in [6, 6.07) is 7.04. The number of nitrogens with two attached hydrogens (primary N) is 1. The first kappa shape index (κ1) is 10.3. The quantitative estimate of drug-likeness (QED) is 0.775. The van der Waals surface area contributed by atoms with Crippen LogP contribution in [0.3, 0.4) is 0 Å².